The van der Waals surface area contributed by atoms with Crippen LogP contribution in [0.15, 0.2) is 53.4 Å². The molecule has 2 N–H and O–H groups in total. The number of anilines is 1. The highest BCUT2D eigenvalue weighted by Crippen LogP contribution is 2.21. The van der Waals surface area contributed by atoms with Gasteiger partial charge in [-0.15, -0.1) is 0 Å². The first-order valence-electron chi connectivity index (χ1n) is 9.80. The first kappa shape index (κ1) is 21.3. The Kier molecular flexibility index (Phi) is 7.22. The van der Waals surface area contributed by atoms with Crippen molar-refractivity contribution < 1.29 is 17.6 Å². The number of hydrogen-bond donors (Lipinski definition) is 2. The zero-order valence-corrected chi connectivity index (χ0v) is 17.1. The average molecular weight is 420 g/mol. The fraction of sp³-hybridized carbons (Fsp3) is 0.381. The highest BCUT2D eigenvalue weighted by atomic mass is 32.2. The van der Waals surface area contributed by atoms with E-state index < -0.39 is 10.0 Å². The molecule has 0 radical (unpaired) electrons. The molecule has 1 fully saturated rings. The van der Waals surface area contributed by atoms with E-state index in [-0.39, 0.29) is 23.2 Å². The molecule has 1 saturated heterocycles. The van der Waals surface area contributed by atoms with Crippen LogP contribution in [0, 0.1) is 5.82 Å². The zero-order chi connectivity index (χ0) is 20.7. The van der Waals surface area contributed by atoms with Crippen molar-refractivity contribution in [3.8, 4) is 0 Å². The molecule has 2 aromatic rings. The van der Waals surface area contributed by atoms with Crippen LogP contribution in [0.4, 0.5) is 10.1 Å². The van der Waals surface area contributed by atoms with Gasteiger partial charge < -0.3 is 10.6 Å². The molecule has 3 rings (SSSR count). The van der Waals surface area contributed by atoms with E-state index in [4.69, 9.17) is 0 Å². The Morgan fingerprint density at radius 2 is 1.55 bits per heavy atom. The molecule has 0 spiro atoms. The molecule has 0 atom stereocenters. The van der Waals surface area contributed by atoms with E-state index >= 15 is 0 Å². The Labute approximate surface area is 171 Å². The van der Waals surface area contributed by atoms with Crippen molar-refractivity contribution in [1.29, 1.82) is 0 Å². The van der Waals surface area contributed by atoms with Crippen LogP contribution < -0.4 is 10.6 Å². The molecule has 2 aromatic carbocycles. The molecule has 1 heterocycles. The minimum atomic E-state index is -3.48. The third-order valence-electron chi connectivity index (χ3n) is 4.91. The van der Waals surface area contributed by atoms with Gasteiger partial charge in [0.25, 0.3) is 0 Å². The molecule has 6 nitrogen and oxygen atoms in total. The molecular weight excluding hydrogens is 393 g/mol. The summed E-state index contributed by atoms with van der Waals surface area (Å²) in [6.07, 6.45) is 3.92. The van der Waals surface area contributed by atoms with Crippen molar-refractivity contribution in [1.82, 2.24) is 9.62 Å². The first-order valence-corrected chi connectivity index (χ1v) is 11.2. The number of nitrogens with one attached hydrogen (secondary N) is 2. The summed E-state index contributed by atoms with van der Waals surface area (Å²) in [5, 5.41) is 5.72. The van der Waals surface area contributed by atoms with Crippen molar-refractivity contribution in [3.05, 3.63) is 59.9 Å². The van der Waals surface area contributed by atoms with Crippen molar-refractivity contribution in [3.63, 3.8) is 0 Å². The molecule has 0 unspecified atom stereocenters. The quantitative estimate of drug-likeness (QED) is 0.723. The summed E-state index contributed by atoms with van der Waals surface area (Å²) in [6.45, 7) is 1.50. The number of amides is 1. The Morgan fingerprint density at radius 3 is 2.17 bits per heavy atom. The summed E-state index contributed by atoms with van der Waals surface area (Å²) in [6, 6.07) is 12.4. The molecule has 29 heavy (non-hydrogen) atoms. The topological polar surface area (TPSA) is 78.5 Å². The number of halogens is 1. The predicted molar refractivity (Wildman–Crippen MR) is 110 cm³/mol. The fourth-order valence-corrected chi connectivity index (χ4v) is 4.74. The van der Waals surface area contributed by atoms with Crippen molar-refractivity contribution >= 4 is 21.6 Å². The van der Waals surface area contributed by atoms with Gasteiger partial charge in [0.15, 0.2) is 0 Å². The monoisotopic (exact) mass is 419 g/mol. The normalized spacial score (nSPS) is 15.5. The third kappa shape index (κ3) is 6.01. The van der Waals surface area contributed by atoms with Crippen LogP contribution in [-0.4, -0.2) is 38.3 Å². The van der Waals surface area contributed by atoms with Crippen molar-refractivity contribution in [2.45, 2.75) is 37.1 Å². The summed E-state index contributed by atoms with van der Waals surface area (Å²) in [5.41, 5.74) is 1.47. The molecule has 1 aliphatic heterocycles. The fourth-order valence-electron chi connectivity index (χ4n) is 3.22. The van der Waals surface area contributed by atoms with Crippen LogP contribution in [0.5, 0.6) is 0 Å². The minimum Gasteiger partial charge on any atom is -0.376 e. The maximum Gasteiger partial charge on any atom is 0.243 e. The summed E-state index contributed by atoms with van der Waals surface area (Å²) in [4.78, 5) is 12.2. The average Bonchev–Trinajstić information content (AvgIpc) is 3.02. The van der Waals surface area contributed by atoms with Gasteiger partial charge in [-0.3, -0.25) is 4.79 Å². The Bertz CT molecular complexity index is 907. The second-order valence-corrected chi connectivity index (χ2v) is 9.04. The van der Waals surface area contributed by atoms with E-state index in [0.29, 0.717) is 25.3 Å². The second-order valence-electron chi connectivity index (χ2n) is 7.10. The molecule has 0 saturated carbocycles. The Morgan fingerprint density at radius 1 is 0.931 bits per heavy atom. The van der Waals surface area contributed by atoms with E-state index in [1.54, 1.807) is 40.7 Å². The second kappa shape index (κ2) is 9.84. The summed E-state index contributed by atoms with van der Waals surface area (Å²) in [5.74, 6) is -0.529. The number of rotatable bonds is 7. The first-order chi connectivity index (χ1) is 13.9. The zero-order valence-electron chi connectivity index (χ0n) is 16.2. The van der Waals surface area contributed by atoms with Crippen LogP contribution in [-0.2, 0) is 21.4 Å². The van der Waals surface area contributed by atoms with Gasteiger partial charge in [-0.2, -0.15) is 4.31 Å². The van der Waals surface area contributed by atoms with Gasteiger partial charge in [0.2, 0.25) is 15.9 Å². The van der Waals surface area contributed by atoms with E-state index in [0.717, 1.165) is 31.2 Å². The maximum atomic E-state index is 12.9. The minimum absolute atomic E-state index is 0.0550. The van der Waals surface area contributed by atoms with E-state index in [1.165, 1.54) is 12.1 Å². The number of nitrogens with zero attached hydrogens (tertiary/aromatic N) is 1. The number of hydrogen-bond acceptors (Lipinski definition) is 4. The number of carbonyl (C=O) groups is 1. The molecule has 0 bridgehead atoms. The largest absolute Gasteiger partial charge is 0.376 e. The summed E-state index contributed by atoms with van der Waals surface area (Å²) < 4.78 is 40.0. The summed E-state index contributed by atoms with van der Waals surface area (Å²) in [7, 11) is -3.48. The lowest BCUT2D eigenvalue weighted by atomic mass is 10.2. The molecule has 0 aromatic heterocycles. The number of carbonyl (C=O) groups excluding carboxylic acids is 1. The van der Waals surface area contributed by atoms with Crippen LogP contribution in [0.1, 0.15) is 31.2 Å². The molecule has 1 aliphatic rings. The van der Waals surface area contributed by atoms with Crippen LogP contribution in [0.3, 0.4) is 0 Å². The summed E-state index contributed by atoms with van der Waals surface area (Å²) >= 11 is 0. The van der Waals surface area contributed by atoms with Gasteiger partial charge in [-0.05, 0) is 54.8 Å². The van der Waals surface area contributed by atoms with Gasteiger partial charge in [0.05, 0.1) is 11.4 Å². The number of benzene rings is 2. The van der Waals surface area contributed by atoms with Gasteiger partial charge in [-0.1, -0.05) is 25.0 Å². The van der Waals surface area contributed by atoms with Gasteiger partial charge in [-0.25, -0.2) is 12.8 Å². The predicted octanol–water partition coefficient (Wildman–Crippen LogP) is 3.12. The Balaban J connectivity index is 1.50. The van der Waals surface area contributed by atoms with Crippen molar-refractivity contribution in [2.75, 3.05) is 25.0 Å². The molecule has 1 amide bonds. The molecule has 156 valence electrons. The SMILES string of the molecule is O=C(CNc1ccc(S(=O)(=O)N2CCCCCC2)cc1)NCc1ccc(F)cc1. The van der Waals surface area contributed by atoms with E-state index in [2.05, 4.69) is 10.6 Å². The van der Waals surface area contributed by atoms with Crippen molar-refractivity contribution in [2.24, 2.45) is 0 Å². The lowest BCUT2D eigenvalue weighted by molar-refractivity contribution is -0.119. The van der Waals surface area contributed by atoms with Gasteiger partial charge >= 0.3 is 0 Å². The Hall–Kier alpha value is -2.45. The van der Waals surface area contributed by atoms with Gasteiger partial charge in [0.1, 0.15) is 5.82 Å². The molecule has 8 heteroatoms. The standard InChI is InChI=1S/C21H26FN3O3S/c22-18-7-5-17(6-8-18)15-24-21(26)16-23-19-9-11-20(12-10-19)29(27,28)25-13-3-1-2-4-14-25/h5-12,23H,1-4,13-16H2,(H,24,26). The lowest BCUT2D eigenvalue weighted by Crippen LogP contribution is -2.32. The molecular formula is C21H26FN3O3S. The van der Waals surface area contributed by atoms with Crippen LogP contribution in [0.2, 0.25) is 0 Å². The highest BCUT2D eigenvalue weighted by Gasteiger charge is 2.24. The lowest BCUT2D eigenvalue weighted by Gasteiger charge is -2.20. The smallest absolute Gasteiger partial charge is 0.243 e. The van der Waals surface area contributed by atoms with E-state index in [1.807, 2.05) is 0 Å². The maximum absolute atomic E-state index is 12.9. The van der Waals surface area contributed by atoms with Crippen LogP contribution >= 0.6 is 0 Å². The van der Waals surface area contributed by atoms with Crippen LogP contribution in [0.25, 0.3) is 0 Å². The van der Waals surface area contributed by atoms with Gasteiger partial charge in [0, 0.05) is 25.3 Å². The van der Waals surface area contributed by atoms with E-state index in [9.17, 15) is 17.6 Å². The molecule has 0 aliphatic carbocycles. The number of sulfonamides is 1. The third-order valence-corrected chi connectivity index (χ3v) is 6.83. The highest BCUT2D eigenvalue weighted by molar-refractivity contribution is 7.89.